The van der Waals surface area contributed by atoms with Crippen LogP contribution in [0.5, 0.6) is 5.75 Å². The van der Waals surface area contributed by atoms with Crippen LogP contribution in [-0.2, 0) is 31.8 Å². The van der Waals surface area contributed by atoms with E-state index in [0.29, 0.717) is 0 Å². The Hall–Kier alpha value is -7.21. The summed E-state index contributed by atoms with van der Waals surface area (Å²) in [5.74, 6) is -0.647. The number of aliphatic hydroxyl groups excluding tert-OH is 2. The number of carbonyl (C=O) groups excluding carboxylic acids is 2. The average Bonchev–Trinajstić information content (AvgIpc) is 4.02. The van der Waals surface area contributed by atoms with E-state index in [1.54, 1.807) is 13.2 Å². The number of anilines is 1. The van der Waals surface area contributed by atoms with E-state index in [9.17, 15) is 44.4 Å². The number of hydrogen-bond donors (Lipinski definition) is 2. The second-order valence-corrected chi connectivity index (χ2v) is 15.9. The molecule has 7 rings (SSSR count). The molecule has 3 aliphatic rings. The van der Waals surface area contributed by atoms with E-state index in [4.69, 9.17) is 4.74 Å². The first kappa shape index (κ1) is 51.4. The average molecular weight is 985 g/mol. The largest absolute Gasteiger partial charge is 0.506 e. The summed E-state index contributed by atoms with van der Waals surface area (Å²) in [6, 6.07) is 11.4. The molecule has 2 aromatic heterocycles. The maximum atomic E-state index is 13.9. The third-order valence-electron chi connectivity index (χ3n) is 10.0. The summed E-state index contributed by atoms with van der Waals surface area (Å²) in [5.41, 5.74) is 5.43. The molecule has 0 saturated carbocycles. The number of methoxy groups -OCH3 is 1. The van der Waals surface area contributed by atoms with Crippen LogP contribution in [0, 0.1) is 26.0 Å². The van der Waals surface area contributed by atoms with Crippen molar-refractivity contribution in [2.45, 2.75) is 39.5 Å². The van der Waals surface area contributed by atoms with E-state index < -0.39 is 9.85 Å². The number of thiazole rings is 2. The molecule has 0 spiro atoms. The standard InChI is InChI=1S/C25H32FN2O.2C9H6N4O4S.Co/c1-7-25(4)21-16-19(26)12-14-22(21)27(5)24(25)15-11-18-10-13-20(17-23(18)29-6)28(8-2)9-3;2*14-5-1-2-6(7(15)3-5)11-12-9-10-4-8(18-9)13(16)17;/h10-17H,7-9H2,1-6H3;2*1-4H,(H2,10,12,14,15);/q+1;;;/p-2. The minimum atomic E-state index is -0.583. The second-order valence-electron chi connectivity index (χ2n) is 13.9. The van der Waals surface area contributed by atoms with E-state index in [-0.39, 0.29) is 82.1 Å². The van der Waals surface area contributed by atoms with Crippen LogP contribution in [0.2, 0.25) is 0 Å². The number of ether oxygens (including phenoxy) is 1. The first-order chi connectivity index (χ1) is 31.0. The summed E-state index contributed by atoms with van der Waals surface area (Å²) >= 11 is 1.51. The van der Waals surface area contributed by atoms with Gasteiger partial charge in [0.05, 0.1) is 22.4 Å². The van der Waals surface area contributed by atoms with Crippen LogP contribution >= 0.6 is 22.7 Å². The summed E-state index contributed by atoms with van der Waals surface area (Å²) in [5, 5.41) is 53.9. The molecule has 0 bridgehead atoms. The molecule has 0 saturated heterocycles. The number of hydrogen-bond acceptors (Lipinski definition) is 16. The van der Waals surface area contributed by atoms with Gasteiger partial charge in [-0.1, -0.05) is 29.6 Å². The number of aromatic nitrogens is 2. The third kappa shape index (κ3) is 12.5. The number of nitro groups is 2. The Morgan fingerprint density at radius 3 is 1.80 bits per heavy atom. The Morgan fingerprint density at radius 1 is 0.833 bits per heavy atom. The first-order valence-corrected chi connectivity index (χ1v) is 21.2. The summed E-state index contributed by atoms with van der Waals surface area (Å²) in [6.07, 6.45) is 14.3. The minimum absolute atomic E-state index is 0. The molecule has 347 valence electrons. The fraction of sp³-hybridized carbons (Fsp3) is 0.233. The van der Waals surface area contributed by atoms with Crippen molar-refractivity contribution in [1.82, 2.24) is 9.97 Å². The Kier molecular flexibility index (Phi) is 18.0. The van der Waals surface area contributed by atoms with Gasteiger partial charge < -0.3 is 40.0 Å². The van der Waals surface area contributed by atoms with Crippen molar-refractivity contribution in [3.05, 3.63) is 150 Å². The molecule has 66 heavy (non-hydrogen) atoms. The number of rotatable bonds is 11. The molecule has 1 radical (unpaired) electrons. The van der Waals surface area contributed by atoms with Gasteiger partial charge in [-0.3, -0.25) is 40.0 Å². The van der Waals surface area contributed by atoms with Crippen molar-refractivity contribution in [2.75, 3.05) is 32.1 Å². The SMILES string of the molecule is CCN(CC)c1ccc(/C=C/C2=[N+](C)c3ccc(F)cc3C2(C)CC)c(OC)c1.O=C1C=CC(=NN=c2[n-]cc([N+](=O)[O-])s2)C(O)=C1.O=C1C=CC(=NN=c2[n-]cc([N+](=O)[O-])s2)C(O)=C1.[Co]. The van der Waals surface area contributed by atoms with Gasteiger partial charge in [-0.25, -0.2) is 4.39 Å². The smallest absolute Gasteiger partial charge is 0.319 e. The molecular formula is C43H42CoFN10O9S2-. The van der Waals surface area contributed by atoms with Crippen molar-refractivity contribution in [3.63, 3.8) is 0 Å². The van der Waals surface area contributed by atoms with Crippen molar-refractivity contribution >= 4 is 78.8 Å². The van der Waals surface area contributed by atoms with Crippen molar-refractivity contribution in [3.8, 4) is 5.75 Å². The molecule has 1 atom stereocenters. The van der Waals surface area contributed by atoms with Crippen LogP contribution < -0.4 is 29.2 Å². The Labute approximate surface area is 394 Å². The molecule has 2 aromatic carbocycles. The monoisotopic (exact) mass is 984 g/mol. The molecule has 0 amide bonds. The van der Waals surface area contributed by atoms with Gasteiger partial charge in [0, 0.05) is 99.0 Å². The number of halogens is 1. The molecule has 23 heteroatoms. The number of carbonyl (C=O) groups is 2. The second kappa shape index (κ2) is 23.1. The summed E-state index contributed by atoms with van der Waals surface area (Å²) in [4.78, 5) is 51.2. The van der Waals surface area contributed by atoms with Gasteiger partial charge in [-0.2, -0.15) is 4.58 Å². The number of allylic oxidation sites excluding steroid dienone is 7. The zero-order valence-corrected chi connectivity index (χ0v) is 38.8. The van der Waals surface area contributed by atoms with Crippen LogP contribution in [0.3, 0.4) is 0 Å². The Balaban J connectivity index is 0.000000225. The van der Waals surface area contributed by atoms with Gasteiger partial charge in [-0.05, 0) is 81.8 Å². The molecule has 1 unspecified atom stereocenters. The molecule has 0 fully saturated rings. The van der Waals surface area contributed by atoms with Gasteiger partial charge in [-0.15, -0.1) is 0 Å². The van der Waals surface area contributed by atoms with E-state index in [2.05, 4.69) is 105 Å². The zero-order chi connectivity index (χ0) is 47.4. The topological polar surface area (TPSA) is 254 Å². The molecule has 19 nitrogen and oxygen atoms in total. The van der Waals surface area contributed by atoms with E-state index in [1.165, 1.54) is 30.4 Å². The van der Waals surface area contributed by atoms with Gasteiger partial charge in [0.1, 0.15) is 41.6 Å². The summed E-state index contributed by atoms with van der Waals surface area (Å²) in [6.45, 7) is 10.6. The number of ketones is 2. The zero-order valence-electron chi connectivity index (χ0n) is 36.1. The predicted octanol–water partition coefficient (Wildman–Crippen LogP) is 6.69. The molecule has 1 aliphatic heterocycles. The van der Waals surface area contributed by atoms with Crippen molar-refractivity contribution in [1.29, 1.82) is 0 Å². The normalized spacial score (nSPS) is 18.0. The Bertz CT molecular complexity index is 2800. The molecule has 2 aliphatic carbocycles. The fourth-order valence-corrected chi connectivity index (χ4v) is 7.59. The number of aliphatic hydroxyl groups is 2. The van der Waals surface area contributed by atoms with Crippen molar-refractivity contribution in [2.24, 2.45) is 20.4 Å². The fourth-order valence-electron chi connectivity index (χ4n) is 6.48. The minimum Gasteiger partial charge on any atom is -0.506 e. The van der Waals surface area contributed by atoms with Gasteiger partial charge in [0.15, 0.2) is 17.3 Å². The van der Waals surface area contributed by atoms with Crippen LogP contribution in [0.15, 0.2) is 123 Å². The summed E-state index contributed by atoms with van der Waals surface area (Å²) < 4.78 is 21.8. The predicted molar refractivity (Wildman–Crippen MR) is 245 cm³/mol. The van der Waals surface area contributed by atoms with Crippen LogP contribution in [0.4, 0.5) is 25.8 Å². The van der Waals surface area contributed by atoms with E-state index in [1.807, 2.05) is 6.07 Å². The van der Waals surface area contributed by atoms with E-state index >= 15 is 0 Å². The maximum Gasteiger partial charge on any atom is 0.319 e. The number of benzene rings is 2. The number of fused-ring (bicyclic) bond motifs is 1. The van der Waals surface area contributed by atoms with Crippen LogP contribution in [0.1, 0.15) is 45.2 Å². The van der Waals surface area contributed by atoms with Gasteiger partial charge in [0.25, 0.3) is 0 Å². The molecule has 3 heterocycles. The Morgan fingerprint density at radius 2 is 1.36 bits per heavy atom. The molecule has 2 N–H and O–H groups in total. The van der Waals surface area contributed by atoms with Gasteiger partial charge in [0.2, 0.25) is 5.69 Å². The first-order valence-electron chi connectivity index (χ1n) is 19.6. The molecular weight excluding hydrogens is 943 g/mol. The maximum absolute atomic E-state index is 13.9. The van der Waals surface area contributed by atoms with Crippen LogP contribution in [-0.4, -0.2) is 80.6 Å². The molecule has 4 aromatic rings. The summed E-state index contributed by atoms with van der Waals surface area (Å²) in [7, 11) is 3.76. The van der Waals surface area contributed by atoms with Crippen molar-refractivity contribution < 1.29 is 60.1 Å². The quantitative estimate of drug-likeness (QED) is 0.0690. The third-order valence-corrected chi connectivity index (χ3v) is 11.7. The van der Waals surface area contributed by atoms with Crippen LogP contribution in [0.25, 0.3) is 6.08 Å². The van der Waals surface area contributed by atoms with E-state index in [0.717, 1.165) is 101 Å². The van der Waals surface area contributed by atoms with Gasteiger partial charge >= 0.3 is 10.0 Å². The number of nitrogens with zero attached hydrogens (tertiary/aromatic N) is 10.